The molecule has 0 bridgehead atoms. The maximum atomic E-state index is 10.6. The number of rotatable bonds is 1. The number of hydrogen-bond donors (Lipinski definition) is 1. The Labute approximate surface area is 85.3 Å². The van der Waals surface area contributed by atoms with Crippen molar-refractivity contribution in [3.63, 3.8) is 0 Å². The minimum absolute atomic E-state index is 0.0744. The first kappa shape index (κ1) is 9.09. The SMILES string of the molecule is Cc1c(Cl)ccc2cc(C(=O)[O-])[nH]c12. The van der Waals surface area contributed by atoms with Crippen LogP contribution in [0.4, 0.5) is 0 Å². The molecule has 2 aromatic rings. The van der Waals surface area contributed by atoms with Crippen molar-refractivity contribution < 1.29 is 9.90 Å². The second-order valence-corrected chi connectivity index (χ2v) is 3.51. The van der Waals surface area contributed by atoms with Crippen LogP contribution in [-0.4, -0.2) is 11.0 Å². The highest BCUT2D eigenvalue weighted by molar-refractivity contribution is 6.32. The molecule has 0 fully saturated rings. The van der Waals surface area contributed by atoms with E-state index in [1.807, 2.05) is 6.92 Å². The Bertz CT molecular complexity index is 516. The number of aromatic carboxylic acids is 1. The Morgan fingerprint density at radius 1 is 1.50 bits per heavy atom. The molecule has 72 valence electrons. The average molecular weight is 209 g/mol. The summed E-state index contributed by atoms with van der Waals surface area (Å²) < 4.78 is 0. The Kier molecular flexibility index (Phi) is 1.97. The number of hydrogen-bond acceptors (Lipinski definition) is 2. The zero-order valence-corrected chi connectivity index (χ0v) is 8.18. The first-order valence-electron chi connectivity index (χ1n) is 4.09. The van der Waals surface area contributed by atoms with Crippen molar-refractivity contribution in [2.75, 3.05) is 0 Å². The van der Waals surface area contributed by atoms with Crippen LogP contribution in [0.15, 0.2) is 18.2 Å². The standard InChI is InChI=1S/C10H8ClNO2/c1-5-7(11)3-2-6-4-8(10(13)14)12-9(5)6/h2-4,12H,1H3,(H,13,14)/p-1. The summed E-state index contributed by atoms with van der Waals surface area (Å²) in [5, 5.41) is 12.0. The fourth-order valence-corrected chi connectivity index (χ4v) is 1.59. The highest BCUT2D eigenvalue weighted by atomic mass is 35.5. The molecule has 1 heterocycles. The fraction of sp³-hybridized carbons (Fsp3) is 0.100. The number of carboxylic acid groups (broad SMARTS) is 1. The van der Waals surface area contributed by atoms with Crippen molar-refractivity contribution in [3.8, 4) is 0 Å². The van der Waals surface area contributed by atoms with Crippen LogP contribution in [0.3, 0.4) is 0 Å². The number of aromatic amines is 1. The maximum Gasteiger partial charge on any atom is 0.0878 e. The van der Waals surface area contributed by atoms with Gasteiger partial charge in [0.25, 0.3) is 0 Å². The molecule has 0 saturated heterocycles. The number of carbonyl (C=O) groups excluding carboxylic acids is 1. The van der Waals surface area contributed by atoms with Crippen molar-refractivity contribution in [1.82, 2.24) is 4.98 Å². The summed E-state index contributed by atoms with van der Waals surface area (Å²) in [5.41, 5.74) is 1.67. The van der Waals surface area contributed by atoms with Crippen LogP contribution in [0.1, 0.15) is 16.1 Å². The van der Waals surface area contributed by atoms with Crippen molar-refractivity contribution in [3.05, 3.63) is 34.5 Å². The number of nitrogens with one attached hydrogen (secondary N) is 1. The predicted molar refractivity (Wildman–Crippen MR) is 52.4 cm³/mol. The van der Waals surface area contributed by atoms with Gasteiger partial charge >= 0.3 is 0 Å². The van der Waals surface area contributed by atoms with Gasteiger partial charge in [-0.2, -0.15) is 0 Å². The number of halogens is 1. The van der Waals surface area contributed by atoms with E-state index in [0.717, 1.165) is 16.5 Å². The number of carbonyl (C=O) groups is 1. The number of H-pyrrole nitrogens is 1. The van der Waals surface area contributed by atoms with Gasteiger partial charge in [-0.05, 0) is 24.6 Å². The van der Waals surface area contributed by atoms with Gasteiger partial charge in [0.05, 0.1) is 17.2 Å². The van der Waals surface area contributed by atoms with Crippen molar-refractivity contribution in [2.24, 2.45) is 0 Å². The third-order valence-corrected chi connectivity index (χ3v) is 2.62. The molecular formula is C10H7ClNO2-. The van der Waals surface area contributed by atoms with Gasteiger partial charge < -0.3 is 14.9 Å². The van der Waals surface area contributed by atoms with E-state index in [1.54, 1.807) is 12.1 Å². The maximum absolute atomic E-state index is 10.6. The molecule has 1 aromatic carbocycles. The van der Waals surface area contributed by atoms with E-state index in [0.29, 0.717) is 5.02 Å². The summed E-state index contributed by atoms with van der Waals surface area (Å²) in [6, 6.07) is 5.05. The molecule has 2 rings (SSSR count). The topological polar surface area (TPSA) is 55.9 Å². The normalized spacial score (nSPS) is 10.7. The lowest BCUT2D eigenvalue weighted by atomic mass is 10.2. The van der Waals surface area contributed by atoms with Crippen LogP contribution in [0.5, 0.6) is 0 Å². The third-order valence-electron chi connectivity index (χ3n) is 2.21. The van der Waals surface area contributed by atoms with Crippen LogP contribution in [-0.2, 0) is 0 Å². The Morgan fingerprint density at radius 3 is 2.86 bits per heavy atom. The molecule has 1 aromatic heterocycles. The number of carboxylic acids is 1. The minimum Gasteiger partial charge on any atom is -0.543 e. The Hall–Kier alpha value is -1.48. The lowest BCUT2D eigenvalue weighted by Crippen LogP contribution is -2.22. The van der Waals surface area contributed by atoms with Gasteiger partial charge in [-0.15, -0.1) is 0 Å². The number of benzene rings is 1. The van der Waals surface area contributed by atoms with Crippen molar-refractivity contribution >= 4 is 28.5 Å². The zero-order chi connectivity index (χ0) is 10.3. The third kappa shape index (κ3) is 1.26. The first-order chi connectivity index (χ1) is 6.59. The van der Waals surface area contributed by atoms with Crippen LogP contribution in [0.2, 0.25) is 5.02 Å². The lowest BCUT2D eigenvalue weighted by molar-refractivity contribution is -0.255. The van der Waals surface area contributed by atoms with E-state index in [2.05, 4.69) is 4.98 Å². The molecule has 3 nitrogen and oxygen atoms in total. The van der Waals surface area contributed by atoms with Crippen LogP contribution in [0.25, 0.3) is 10.9 Å². The summed E-state index contributed by atoms with van der Waals surface area (Å²) in [6.07, 6.45) is 0. The lowest BCUT2D eigenvalue weighted by Gasteiger charge is -1.98. The van der Waals surface area contributed by atoms with Crippen LogP contribution < -0.4 is 5.11 Å². The van der Waals surface area contributed by atoms with E-state index >= 15 is 0 Å². The fourth-order valence-electron chi connectivity index (χ4n) is 1.43. The molecule has 4 heteroatoms. The van der Waals surface area contributed by atoms with Crippen LogP contribution in [0, 0.1) is 6.92 Å². The summed E-state index contributed by atoms with van der Waals surface area (Å²) >= 11 is 5.89. The second-order valence-electron chi connectivity index (χ2n) is 3.11. The highest BCUT2D eigenvalue weighted by Crippen LogP contribution is 2.25. The van der Waals surface area contributed by atoms with E-state index in [1.165, 1.54) is 6.07 Å². The molecule has 0 aliphatic heterocycles. The van der Waals surface area contributed by atoms with Gasteiger partial charge in [-0.1, -0.05) is 17.7 Å². The molecular weight excluding hydrogens is 202 g/mol. The molecule has 0 spiro atoms. The summed E-state index contributed by atoms with van der Waals surface area (Å²) in [4.78, 5) is 13.3. The van der Waals surface area contributed by atoms with Gasteiger partial charge in [-0.3, -0.25) is 0 Å². The second kappa shape index (κ2) is 3.03. The largest absolute Gasteiger partial charge is 0.543 e. The van der Waals surface area contributed by atoms with Gasteiger partial charge in [0.1, 0.15) is 0 Å². The van der Waals surface area contributed by atoms with E-state index < -0.39 is 5.97 Å². The Balaban J connectivity index is 2.77. The summed E-state index contributed by atoms with van der Waals surface area (Å²) in [7, 11) is 0. The molecule has 0 atom stereocenters. The number of aryl methyl sites for hydroxylation is 1. The molecule has 0 aliphatic rings. The summed E-state index contributed by atoms with van der Waals surface area (Å²) in [5.74, 6) is -1.21. The molecule has 0 radical (unpaired) electrons. The average Bonchev–Trinajstić information content (AvgIpc) is 2.56. The van der Waals surface area contributed by atoms with Gasteiger partial charge in [0, 0.05) is 10.4 Å². The first-order valence-corrected chi connectivity index (χ1v) is 4.46. The number of aromatic nitrogens is 1. The molecule has 0 unspecified atom stereocenters. The van der Waals surface area contributed by atoms with Gasteiger partial charge in [0.15, 0.2) is 0 Å². The highest BCUT2D eigenvalue weighted by Gasteiger charge is 2.05. The van der Waals surface area contributed by atoms with Crippen molar-refractivity contribution in [2.45, 2.75) is 6.92 Å². The quantitative estimate of drug-likeness (QED) is 0.772. The monoisotopic (exact) mass is 208 g/mol. The molecule has 0 aliphatic carbocycles. The molecule has 1 N–H and O–H groups in total. The molecule has 0 amide bonds. The molecule has 0 saturated carbocycles. The minimum atomic E-state index is -1.21. The van der Waals surface area contributed by atoms with Crippen molar-refractivity contribution in [1.29, 1.82) is 0 Å². The van der Waals surface area contributed by atoms with Gasteiger partial charge in [0.2, 0.25) is 0 Å². The van der Waals surface area contributed by atoms with E-state index in [4.69, 9.17) is 11.6 Å². The zero-order valence-electron chi connectivity index (χ0n) is 7.43. The van der Waals surface area contributed by atoms with E-state index in [-0.39, 0.29) is 5.69 Å². The Morgan fingerprint density at radius 2 is 2.21 bits per heavy atom. The van der Waals surface area contributed by atoms with Gasteiger partial charge in [-0.25, -0.2) is 0 Å². The predicted octanol–water partition coefficient (Wildman–Crippen LogP) is 1.49. The van der Waals surface area contributed by atoms with E-state index in [9.17, 15) is 9.90 Å². The van der Waals surface area contributed by atoms with Crippen LogP contribution >= 0.6 is 11.6 Å². The molecule has 14 heavy (non-hydrogen) atoms. The number of fused-ring (bicyclic) bond motifs is 1. The summed E-state index contributed by atoms with van der Waals surface area (Å²) in [6.45, 7) is 1.83. The smallest absolute Gasteiger partial charge is 0.0878 e.